The minimum absolute atomic E-state index is 0.0415. The molecule has 0 aliphatic rings. The highest BCUT2D eigenvalue weighted by molar-refractivity contribution is 5.80. The van der Waals surface area contributed by atoms with Gasteiger partial charge < -0.3 is 10.3 Å². The van der Waals surface area contributed by atoms with Crippen molar-refractivity contribution in [2.45, 2.75) is 39.2 Å². The molecule has 92 valence electrons. The number of benzene rings is 1. The van der Waals surface area contributed by atoms with Crippen molar-refractivity contribution in [1.82, 2.24) is 9.55 Å². The van der Waals surface area contributed by atoms with E-state index in [1.54, 1.807) is 0 Å². The molecule has 0 spiro atoms. The highest BCUT2D eigenvalue weighted by atomic mass is 15.1. The number of aryl methyl sites for hydroxylation is 1. The van der Waals surface area contributed by atoms with Gasteiger partial charge >= 0.3 is 0 Å². The second-order valence-corrected chi connectivity index (χ2v) is 5.74. The van der Waals surface area contributed by atoms with Crippen molar-refractivity contribution in [3.05, 3.63) is 29.6 Å². The van der Waals surface area contributed by atoms with Crippen molar-refractivity contribution in [2.24, 2.45) is 12.8 Å². The molecule has 0 saturated carbocycles. The van der Waals surface area contributed by atoms with E-state index in [9.17, 15) is 0 Å². The molecule has 0 bridgehead atoms. The van der Waals surface area contributed by atoms with Crippen molar-refractivity contribution >= 4 is 11.0 Å². The first kappa shape index (κ1) is 12.1. The van der Waals surface area contributed by atoms with Crippen molar-refractivity contribution in [2.75, 3.05) is 0 Å². The quantitative estimate of drug-likeness (QED) is 0.820. The zero-order chi connectivity index (χ0) is 12.8. The summed E-state index contributed by atoms with van der Waals surface area (Å²) in [4.78, 5) is 4.72. The summed E-state index contributed by atoms with van der Waals surface area (Å²) in [5, 5.41) is 0. The number of hydrogen-bond donors (Lipinski definition) is 1. The van der Waals surface area contributed by atoms with E-state index in [1.807, 2.05) is 14.0 Å². The largest absolute Gasteiger partial charge is 0.330 e. The van der Waals surface area contributed by atoms with Gasteiger partial charge in [-0.1, -0.05) is 32.9 Å². The van der Waals surface area contributed by atoms with E-state index in [1.165, 1.54) is 5.56 Å². The van der Waals surface area contributed by atoms with Gasteiger partial charge in [-0.3, -0.25) is 0 Å². The van der Waals surface area contributed by atoms with E-state index in [4.69, 9.17) is 10.7 Å². The van der Waals surface area contributed by atoms with Crippen molar-refractivity contribution in [3.8, 4) is 0 Å². The van der Waals surface area contributed by atoms with Crippen molar-refractivity contribution < 1.29 is 0 Å². The number of fused-ring (bicyclic) bond motifs is 1. The first-order valence-electron chi connectivity index (χ1n) is 6.04. The van der Waals surface area contributed by atoms with Crippen LogP contribution in [0.15, 0.2) is 18.2 Å². The van der Waals surface area contributed by atoms with Gasteiger partial charge in [0.1, 0.15) is 5.82 Å². The molecule has 3 nitrogen and oxygen atoms in total. The van der Waals surface area contributed by atoms with Crippen LogP contribution in [-0.2, 0) is 12.5 Å². The molecule has 0 aliphatic carbocycles. The van der Waals surface area contributed by atoms with Gasteiger partial charge in [-0.2, -0.15) is 0 Å². The Hall–Kier alpha value is -1.35. The fraction of sp³-hybridized carbons (Fsp3) is 0.500. The molecule has 1 heterocycles. The number of aromatic nitrogens is 2. The van der Waals surface area contributed by atoms with Crippen LogP contribution in [-0.4, -0.2) is 9.55 Å². The highest BCUT2D eigenvalue weighted by Gasteiger charge is 2.20. The molecule has 2 aromatic rings. The predicted molar refractivity (Wildman–Crippen MR) is 72.0 cm³/mol. The standard InChI is InChI=1S/C14H21N3/c1-9(15)13-16-12-10(14(2,3)4)7-6-8-11(12)17(13)5/h6-9H,15H2,1-5H3. The molecule has 1 aromatic carbocycles. The summed E-state index contributed by atoms with van der Waals surface area (Å²) >= 11 is 0. The third-order valence-corrected chi connectivity index (χ3v) is 3.16. The van der Waals surface area contributed by atoms with Crippen LogP contribution in [0, 0.1) is 0 Å². The lowest BCUT2D eigenvalue weighted by atomic mass is 9.86. The lowest BCUT2D eigenvalue weighted by molar-refractivity contribution is 0.594. The lowest BCUT2D eigenvalue weighted by Gasteiger charge is -2.19. The van der Waals surface area contributed by atoms with Crippen LogP contribution >= 0.6 is 0 Å². The fourth-order valence-electron chi connectivity index (χ4n) is 2.24. The normalized spacial score (nSPS) is 14.2. The molecule has 2 rings (SSSR count). The first-order chi connectivity index (χ1) is 7.82. The van der Waals surface area contributed by atoms with Gasteiger partial charge in [0.2, 0.25) is 0 Å². The van der Waals surface area contributed by atoms with Gasteiger partial charge in [-0.05, 0) is 24.0 Å². The van der Waals surface area contributed by atoms with Gasteiger partial charge in [-0.15, -0.1) is 0 Å². The molecule has 1 aromatic heterocycles. The van der Waals surface area contributed by atoms with Gasteiger partial charge in [0.15, 0.2) is 0 Å². The summed E-state index contributed by atoms with van der Waals surface area (Å²) in [7, 11) is 2.03. The van der Waals surface area contributed by atoms with Crippen LogP contribution in [0.1, 0.15) is 45.1 Å². The van der Waals surface area contributed by atoms with E-state index < -0.39 is 0 Å². The van der Waals surface area contributed by atoms with E-state index in [0.717, 1.165) is 16.9 Å². The second-order valence-electron chi connectivity index (χ2n) is 5.74. The van der Waals surface area contributed by atoms with E-state index in [0.29, 0.717) is 0 Å². The third kappa shape index (κ3) is 1.95. The summed E-state index contributed by atoms with van der Waals surface area (Å²) in [5.74, 6) is 0.941. The Morgan fingerprint density at radius 3 is 2.47 bits per heavy atom. The molecule has 2 N–H and O–H groups in total. The Kier molecular flexibility index (Phi) is 2.74. The second kappa shape index (κ2) is 3.84. The Morgan fingerprint density at radius 2 is 1.94 bits per heavy atom. The van der Waals surface area contributed by atoms with E-state index in [2.05, 4.69) is 43.5 Å². The molecule has 1 atom stereocenters. The monoisotopic (exact) mass is 231 g/mol. The molecule has 3 heteroatoms. The van der Waals surface area contributed by atoms with Gasteiger partial charge in [-0.25, -0.2) is 4.98 Å². The maximum atomic E-state index is 5.95. The van der Waals surface area contributed by atoms with Gasteiger partial charge in [0, 0.05) is 7.05 Å². The summed E-state index contributed by atoms with van der Waals surface area (Å²) in [6.07, 6.45) is 0. The average molecular weight is 231 g/mol. The minimum Gasteiger partial charge on any atom is -0.330 e. The maximum Gasteiger partial charge on any atom is 0.126 e. The molecule has 1 unspecified atom stereocenters. The molecule has 0 aliphatic heterocycles. The Bertz CT molecular complexity index is 544. The first-order valence-corrected chi connectivity index (χ1v) is 6.04. The number of para-hydroxylation sites is 1. The molecular formula is C14H21N3. The van der Waals surface area contributed by atoms with Crippen LogP contribution in [0.4, 0.5) is 0 Å². The van der Waals surface area contributed by atoms with Gasteiger partial charge in [0.25, 0.3) is 0 Å². The summed E-state index contributed by atoms with van der Waals surface area (Å²) in [5.41, 5.74) is 9.57. The maximum absolute atomic E-state index is 5.95. The predicted octanol–water partition coefficient (Wildman–Crippen LogP) is 2.89. The summed E-state index contributed by atoms with van der Waals surface area (Å²) < 4.78 is 2.09. The third-order valence-electron chi connectivity index (χ3n) is 3.16. The van der Waals surface area contributed by atoms with Crippen LogP contribution in [0.25, 0.3) is 11.0 Å². The number of hydrogen-bond acceptors (Lipinski definition) is 2. The molecule has 17 heavy (non-hydrogen) atoms. The van der Waals surface area contributed by atoms with Crippen LogP contribution in [0.5, 0.6) is 0 Å². The SMILES string of the molecule is CC(N)c1nc2c(C(C)(C)C)cccc2n1C. The molecule has 0 amide bonds. The zero-order valence-electron chi connectivity index (χ0n) is 11.3. The summed E-state index contributed by atoms with van der Waals surface area (Å²) in [6.45, 7) is 8.60. The Morgan fingerprint density at radius 1 is 1.29 bits per heavy atom. The number of nitrogens with two attached hydrogens (primary N) is 1. The Labute approximate surface area is 103 Å². The number of rotatable bonds is 1. The molecule has 0 radical (unpaired) electrons. The van der Waals surface area contributed by atoms with Crippen LogP contribution in [0.3, 0.4) is 0 Å². The smallest absolute Gasteiger partial charge is 0.126 e. The minimum atomic E-state index is -0.0415. The van der Waals surface area contributed by atoms with E-state index >= 15 is 0 Å². The molecular weight excluding hydrogens is 210 g/mol. The van der Waals surface area contributed by atoms with Gasteiger partial charge in [0.05, 0.1) is 17.1 Å². The number of imidazole rings is 1. The topological polar surface area (TPSA) is 43.8 Å². The van der Waals surface area contributed by atoms with Crippen LogP contribution < -0.4 is 5.73 Å². The van der Waals surface area contributed by atoms with Crippen molar-refractivity contribution in [1.29, 1.82) is 0 Å². The molecule has 0 saturated heterocycles. The zero-order valence-corrected chi connectivity index (χ0v) is 11.3. The average Bonchev–Trinajstić information content (AvgIpc) is 2.55. The molecule has 0 fully saturated rings. The fourth-order valence-corrected chi connectivity index (χ4v) is 2.24. The van der Waals surface area contributed by atoms with Crippen molar-refractivity contribution in [3.63, 3.8) is 0 Å². The summed E-state index contributed by atoms with van der Waals surface area (Å²) in [6, 6.07) is 6.31. The number of nitrogens with zero attached hydrogens (tertiary/aromatic N) is 2. The lowest BCUT2D eigenvalue weighted by Crippen LogP contribution is -2.12. The Balaban J connectivity index is 2.78. The van der Waals surface area contributed by atoms with Crippen LogP contribution in [0.2, 0.25) is 0 Å². The highest BCUT2D eigenvalue weighted by Crippen LogP contribution is 2.30. The van der Waals surface area contributed by atoms with E-state index in [-0.39, 0.29) is 11.5 Å².